The number of halogens is 2. The van der Waals surface area contributed by atoms with Crippen molar-refractivity contribution in [3.8, 4) is 0 Å². The minimum absolute atomic E-state index is 0. The van der Waals surface area contributed by atoms with Gasteiger partial charge in [-0.1, -0.05) is 104 Å². The first-order valence-corrected chi connectivity index (χ1v) is 25.4. The third-order valence-corrected chi connectivity index (χ3v) is 30.6. The Morgan fingerprint density at radius 3 is 1.10 bits per heavy atom. The van der Waals surface area contributed by atoms with Crippen molar-refractivity contribution in [2.75, 3.05) is 0 Å². The van der Waals surface area contributed by atoms with Gasteiger partial charge in [-0.3, -0.25) is 0 Å². The molecule has 2 heterocycles. The predicted molar refractivity (Wildman–Crippen MR) is 175 cm³/mol. The van der Waals surface area contributed by atoms with Crippen LogP contribution in [0.25, 0.3) is 21.5 Å². The van der Waals surface area contributed by atoms with Gasteiger partial charge in [-0.25, -0.2) is 0 Å². The van der Waals surface area contributed by atoms with Gasteiger partial charge in [0.1, 0.15) is 0 Å². The molecule has 0 saturated heterocycles. The van der Waals surface area contributed by atoms with E-state index in [1.165, 1.54) is 54.9 Å². The zero-order chi connectivity index (χ0) is 28.4. The van der Waals surface area contributed by atoms with Crippen molar-refractivity contribution >= 4 is 32.4 Å². The summed E-state index contributed by atoms with van der Waals surface area (Å²) in [6.07, 6.45) is 0. The molecule has 2 aliphatic rings. The Balaban J connectivity index is 0.000000223. The Hall–Kier alpha value is -0.963. The van der Waals surface area contributed by atoms with Gasteiger partial charge in [-0.05, 0) is 23.7 Å². The van der Waals surface area contributed by atoms with E-state index in [0.29, 0.717) is 23.7 Å². The van der Waals surface area contributed by atoms with Gasteiger partial charge in [0, 0.05) is 0 Å². The molecule has 0 aromatic heterocycles. The van der Waals surface area contributed by atoms with Gasteiger partial charge in [-0.2, -0.15) is 12.1 Å². The van der Waals surface area contributed by atoms with Crippen molar-refractivity contribution in [2.45, 2.75) is 92.9 Å². The van der Waals surface area contributed by atoms with Crippen LogP contribution in [-0.2, 0) is 20.5 Å². The van der Waals surface area contributed by atoms with Crippen LogP contribution in [0.3, 0.4) is 0 Å². The summed E-state index contributed by atoms with van der Waals surface area (Å²) in [4.78, 5) is 0. The molecule has 0 nitrogen and oxygen atoms in total. The maximum atomic E-state index is 2.52. The van der Waals surface area contributed by atoms with E-state index in [1.807, 2.05) is 0 Å². The smallest absolute Gasteiger partial charge is 0.0306 e. The minimum atomic E-state index is 0. The molecule has 4 aromatic rings. The fourth-order valence-electron chi connectivity index (χ4n) is 5.47. The molecule has 41 heavy (non-hydrogen) atoms. The van der Waals surface area contributed by atoms with Crippen LogP contribution in [0.15, 0.2) is 71.3 Å². The third kappa shape index (κ3) is 9.02. The van der Waals surface area contributed by atoms with Crippen LogP contribution in [0, 0.1) is 13.8 Å². The van der Waals surface area contributed by atoms with Gasteiger partial charge >= 0.3 is 54.1 Å². The van der Waals surface area contributed by atoms with Crippen LogP contribution >= 0.6 is 0 Å². The van der Waals surface area contributed by atoms with E-state index >= 15 is 0 Å². The van der Waals surface area contributed by atoms with Gasteiger partial charge in [-0.15, -0.1) is 56.9 Å². The molecule has 0 aliphatic carbocycles. The van der Waals surface area contributed by atoms with Crippen molar-refractivity contribution in [3.05, 3.63) is 105 Å². The quantitative estimate of drug-likeness (QED) is 0.217. The molecule has 0 saturated carbocycles. The molecule has 6 rings (SSSR count). The Morgan fingerprint density at radius 1 is 0.512 bits per heavy atom. The van der Waals surface area contributed by atoms with Gasteiger partial charge in [0.25, 0.3) is 0 Å². The maximum Gasteiger partial charge on any atom is -0.0306 e. The molecule has 0 fully saturated rings. The first-order chi connectivity index (χ1) is 18.4. The van der Waals surface area contributed by atoms with Gasteiger partial charge in [0.2, 0.25) is 0 Å². The largest absolute Gasteiger partial charge is 1.00 e. The van der Waals surface area contributed by atoms with Crippen molar-refractivity contribution in [3.63, 3.8) is 0 Å². The van der Waals surface area contributed by atoms with Crippen molar-refractivity contribution in [2.24, 2.45) is 0 Å². The summed E-state index contributed by atoms with van der Waals surface area (Å²) >= 11 is 0.243. The Labute approximate surface area is 273 Å². The fourth-order valence-corrected chi connectivity index (χ4v) is 33.4. The number of hydrogen-bond acceptors (Lipinski definition) is 0. The molecule has 2 bridgehead atoms. The number of fused-ring (bicyclic) bond motifs is 2. The average Bonchev–Trinajstić information content (AvgIpc) is 3.66. The second-order valence-electron chi connectivity index (χ2n) is 12.6. The van der Waals surface area contributed by atoms with Crippen LogP contribution in [-0.4, -0.2) is 10.9 Å². The van der Waals surface area contributed by atoms with Crippen LogP contribution < -0.4 is 24.8 Å². The molecule has 2 aliphatic heterocycles. The Bertz CT molecular complexity index is 1490. The molecule has 0 unspecified atom stereocenters. The van der Waals surface area contributed by atoms with Crippen LogP contribution in [0.5, 0.6) is 0 Å². The summed E-state index contributed by atoms with van der Waals surface area (Å²) in [5.41, 5.74) is 19.1. The average molecular weight is 697 g/mol. The van der Waals surface area contributed by atoms with Gasteiger partial charge in [0.15, 0.2) is 0 Å². The zero-order valence-electron chi connectivity index (χ0n) is 26.5. The molecule has 0 amide bonds. The first kappa shape index (κ1) is 36.2. The normalized spacial score (nSPS) is 12.8. The topological polar surface area (TPSA) is 0 Å². The maximum absolute atomic E-state index is 2.52. The second-order valence-corrected chi connectivity index (χ2v) is 30.8. The standard InChI is InChI=1S/2C16H21.C4H4Si2.2ClH.Zr/c2*1-10(2)13-8-14-6-12(5)7-16(14)15(9-13)11(3)4;1-2-6-4-3-5-1;;;/h2*6-11H,1-5H3;1-4H;2*1H;/q2*-1;;;;/p-2. The summed E-state index contributed by atoms with van der Waals surface area (Å²) < 4.78 is 0. The monoisotopic (exact) mass is 694 g/mol. The predicted octanol–water partition coefficient (Wildman–Crippen LogP) is 4.58. The summed E-state index contributed by atoms with van der Waals surface area (Å²) in [6, 6.07) is 18.7. The number of aryl methyl sites for hydroxylation is 2. The van der Waals surface area contributed by atoms with E-state index in [4.69, 9.17) is 0 Å². The Kier molecular flexibility index (Phi) is 13.8. The first-order valence-electron chi connectivity index (χ1n) is 14.7. The van der Waals surface area contributed by atoms with E-state index < -0.39 is 0 Å². The molecule has 220 valence electrons. The minimum Gasteiger partial charge on any atom is -1.00 e. The van der Waals surface area contributed by atoms with Crippen LogP contribution in [0.2, 0.25) is 0 Å². The van der Waals surface area contributed by atoms with Gasteiger partial charge in [0.05, 0.1) is 0 Å². The van der Waals surface area contributed by atoms with Gasteiger partial charge < -0.3 is 24.8 Å². The van der Waals surface area contributed by atoms with E-state index in [9.17, 15) is 0 Å². The number of hydrogen-bond donors (Lipinski definition) is 0. The second kappa shape index (κ2) is 15.7. The van der Waals surface area contributed by atoms with Crippen LogP contribution in [0.4, 0.5) is 0 Å². The van der Waals surface area contributed by atoms with E-state index in [1.54, 1.807) is 0 Å². The summed E-state index contributed by atoms with van der Waals surface area (Å²) in [5, 5.41) is 5.70. The SMILES string of the molecule is C1=C[Si]2=[Zr]=[Si]1C=C2.Cc1cc2c(C(C)C)cc(C(C)C)cc2[cH-]1.Cc1cc2c(C(C)C)cc(C(C)C)cc2[cH-]1.[Cl-].[Cl-]. The van der Waals surface area contributed by atoms with E-state index in [2.05, 4.69) is 141 Å². The fraction of sp³-hybridized carbons (Fsp3) is 0.389. The number of rotatable bonds is 4. The molecule has 0 N–H and O–H groups in total. The molecule has 5 heteroatoms. The van der Waals surface area contributed by atoms with Crippen molar-refractivity contribution in [1.82, 2.24) is 0 Å². The molecular weight excluding hydrogens is 651 g/mol. The van der Waals surface area contributed by atoms with Crippen molar-refractivity contribution in [1.29, 1.82) is 0 Å². The number of benzene rings is 2. The molecule has 4 aromatic carbocycles. The molecular formula is C36H46Cl2Si2Zr-4. The molecule has 0 atom stereocenters. The Morgan fingerprint density at radius 2 is 0.854 bits per heavy atom. The molecule has 0 radical (unpaired) electrons. The van der Waals surface area contributed by atoms with Crippen LogP contribution in [0.1, 0.15) is 112 Å². The molecule has 0 spiro atoms. The third-order valence-electron chi connectivity index (χ3n) is 7.79. The van der Waals surface area contributed by atoms with E-state index in [0.717, 1.165) is 0 Å². The van der Waals surface area contributed by atoms with E-state index in [-0.39, 0.29) is 56.1 Å². The zero-order valence-corrected chi connectivity index (χ0v) is 32.5. The summed E-state index contributed by atoms with van der Waals surface area (Å²) in [6.45, 7) is 22.5. The van der Waals surface area contributed by atoms with Crippen molar-refractivity contribution < 1.29 is 45.3 Å². The summed E-state index contributed by atoms with van der Waals surface area (Å²) in [5.74, 6) is 2.42. The summed E-state index contributed by atoms with van der Waals surface area (Å²) in [7, 11) is 0.